The molecular weight excluding hydrogens is 253 g/mol. The Bertz CT molecular complexity index is 527. The minimum Gasteiger partial charge on any atom is -0.501 e. The summed E-state index contributed by atoms with van der Waals surface area (Å²) >= 11 is 0.0889. The maximum Gasteiger partial charge on any atom is 0.171 e. The van der Waals surface area contributed by atoms with Crippen LogP contribution >= 0.6 is 12.3 Å². The number of ether oxygens (including phenoxy) is 1. The van der Waals surface area contributed by atoms with Crippen LogP contribution in [0.25, 0.3) is 17.5 Å². The second-order valence-electron chi connectivity index (χ2n) is 3.34. The van der Waals surface area contributed by atoms with Crippen molar-refractivity contribution in [3.63, 3.8) is 0 Å². The van der Waals surface area contributed by atoms with Gasteiger partial charge in [-0.2, -0.15) is 0 Å². The van der Waals surface area contributed by atoms with Gasteiger partial charge >= 0.3 is 0 Å². The second-order valence-corrected chi connectivity index (χ2v) is 3.84. The van der Waals surface area contributed by atoms with Crippen molar-refractivity contribution in [2.45, 2.75) is 6.92 Å². The summed E-state index contributed by atoms with van der Waals surface area (Å²) in [6, 6.07) is 5.46. The van der Waals surface area contributed by atoms with E-state index >= 15 is 0 Å². The van der Waals surface area contributed by atoms with Crippen LogP contribution in [0, 0.1) is 0 Å². The van der Waals surface area contributed by atoms with Crippen molar-refractivity contribution in [2.24, 2.45) is 0 Å². The Morgan fingerprint density at radius 1 is 1.44 bits per heavy atom. The van der Waals surface area contributed by atoms with E-state index < -0.39 is 0 Å². The number of hydrogen-bond acceptors (Lipinski definition) is 4. The predicted octanol–water partition coefficient (Wildman–Crippen LogP) is 3.33. The van der Waals surface area contributed by atoms with Gasteiger partial charge in [0.15, 0.2) is 12.3 Å². The van der Waals surface area contributed by atoms with Crippen molar-refractivity contribution in [2.75, 3.05) is 6.61 Å². The molecule has 0 unspecified atom stereocenters. The molecule has 0 aliphatic carbocycles. The molecule has 0 amide bonds. The number of imidazole rings is 1. The Morgan fingerprint density at radius 2 is 2.33 bits per heavy atom. The standard InChI is InChI=1S/C12H12FN3OS/c1-2-17-8-6-12-15-9-11(16(12)18-13)10-5-3-4-7-14-10/h3-9H,2H2,1H3/b8-6+. The zero-order valence-electron chi connectivity index (χ0n) is 9.78. The van der Waals surface area contributed by atoms with E-state index in [0.29, 0.717) is 23.8 Å². The maximum absolute atomic E-state index is 13.0. The molecule has 94 valence electrons. The second kappa shape index (κ2) is 6.20. The van der Waals surface area contributed by atoms with Gasteiger partial charge in [-0.15, -0.1) is 3.89 Å². The monoisotopic (exact) mass is 265 g/mol. The average Bonchev–Trinajstić information content (AvgIpc) is 2.83. The van der Waals surface area contributed by atoms with Crippen LogP contribution in [-0.4, -0.2) is 20.5 Å². The third-order valence-corrected chi connectivity index (χ3v) is 2.74. The molecule has 0 bridgehead atoms. The first kappa shape index (κ1) is 12.6. The fourth-order valence-electron chi connectivity index (χ4n) is 1.43. The topological polar surface area (TPSA) is 39.9 Å². The van der Waals surface area contributed by atoms with Crippen LogP contribution in [0.4, 0.5) is 3.89 Å². The summed E-state index contributed by atoms with van der Waals surface area (Å²) in [6.45, 7) is 2.44. The Morgan fingerprint density at radius 3 is 3.00 bits per heavy atom. The zero-order chi connectivity index (χ0) is 12.8. The number of nitrogens with zero attached hydrogens (tertiary/aromatic N) is 3. The SMILES string of the molecule is CCO/C=C/c1ncc(-c2ccccn2)n1SF. The third-order valence-electron chi connectivity index (χ3n) is 2.22. The molecule has 0 saturated carbocycles. The van der Waals surface area contributed by atoms with Gasteiger partial charge in [0.25, 0.3) is 0 Å². The van der Waals surface area contributed by atoms with Gasteiger partial charge in [0.05, 0.1) is 24.8 Å². The van der Waals surface area contributed by atoms with Gasteiger partial charge in [-0.3, -0.25) is 4.98 Å². The first-order valence-corrected chi connectivity index (χ1v) is 6.10. The van der Waals surface area contributed by atoms with E-state index in [1.807, 2.05) is 19.1 Å². The van der Waals surface area contributed by atoms with Crippen molar-refractivity contribution < 1.29 is 8.62 Å². The highest BCUT2D eigenvalue weighted by atomic mass is 32.2. The van der Waals surface area contributed by atoms with Crippen LogP contribution in [0.3, 0.4) is 0 Å². The summed E-state index contributed by atoms with van der Waals surface area (Å²) in [7, 11) is 0. The quantitative estimate of drug-likeness (QED) is 0.777. The normalized spacial score (nSPS) is 11.0. The van der Waals surface area contributed by atoms with Crippen molar-refractivity contribution in [1.82, 2.24) is 13.9 Å². The first-order chi connectivity index (χ1) is 8.86. The van der Waals surface area contributed by atoms with Gasteiger partial charge in [0, 0.05) is 12.3 Å². The lowest BCUT2D eigenvalue weighted by Gasteiger charge is -2.02. The summed E-state index contributed by atoms with van der Waals surface area (Å²) in [6.07, 6.45) is 6.35. The summed E-state index contributed by atoms with van der Waals surface area (Å²) in [5.41, 5.74) is 1.28. The molecule has 0 spiro atoms. The molecule has 0 aliphatic rings. The number of rotatable bonds is 5. The number of halogens is 1. The minimum atomic E-state index is 0.0889. The lowest BCUT2D eigenvalue weighted by molar-refractivity contribution is 0.272. The van der Waals surface area contributed by atoms with E-state index in [-0.39, 0.29) is 12.3 Å². The molecule has 2 aromatic heterocycles. The number of pyridine rings is 1. The summed E-state index contributed by atoms with van der Waals surface area (Å²) in [4.78, 5) is 8.30. The van der Waals surface area contributed by atoms with E-state index in [1.54, 1.807) is 24.5 Å². The van der Waals surface area contributed by atoms with Gasteiger partial charge in [-0.25, -0.2) is 8.96 Å². The molecule has 2 heterocycles. The lowest BCUT2D eigenvalue weighted by atomic mass is 10.3. The molecule has 18 heavy (non-hydrogen) atoms. The smallest absolute Gasteiger partial charge is 0.171 e. The highest BCUT2D eigenvalue weighted by Crippen LogP contribution is 2.24. The van der Waals surface area contributed by atoms with E-state index in [2.05, 4.69) is 9.97 Å². The van der Waals surface area contributed by atoms with Crippen molar-refractivity contribution >= 4 is 18.4 Å². The van der Waals surface area contributed by atoms with Crippen LogP contribution in [0.5, 0.6) is 0 Å². The molecule has 2 rings (SSSR count). The van der Waals surface area contributed by atoms with Gasteiger partial charge in [0.1, 0.15) is 11.5 Å². The molecule has 4 nitrogen and oxygen atoms in total. The highest BCUT2D eigenvalue weighted by molar-refractivity contribution is 7.92. The van der Waals surface area contributed by atoms with Gasteiger partial charge in [0.2, 0.25) is 0 Å². The Labute approximate surface area is 109 Å². The minimum absolute atomic E-state index is 0.0889. The Kier molecular flexibility index (Phi) is 4.35. The molecule has 0 aliphatic heterocycles. The van der Waals surface area contributed by atoms with Crippen molar-refractivity contribution in [3.8, 4) is 11.4 Å². The van der Waals surface area contributed by atoms with E-state index in [4.69, 9.17) is 4.74 Å². The lowest BCUT2D eigenvalue weighted by Crippen LogP contribution is -1.92. The fourth-order valence-corrected chi connectivity index (χ4v) is 1.82. The van der Waals surface area contributed by atoms with E-state index in [0.717, 1.165) is 0 Å². The molecule has 0 aromatic carbocycles. The molecule has 0 radical (unpaired) electrons. The van der Waals surface area contributed by atoms with Crippen LogP contribution in [-0.2, 0) is 4.74 Å². The Balaban J connectivity index is 2.33. The largest absolute Gasteiger partial charge is 0.501 e. The first-order valence-electron chi connectivity index (χ1n) is 5.43. The fraction of sp³-hybridized carbons (Fsp3) is 0.167. The van der Waals surface area contributed by atoms with E-state index in [9.17, 15) is 3.89 Å². The van der Waals surface area contributed by atoms with E-state index in [1.165, 1.54) is 10.2 Å². The summed E-state index contributed by atoms with van der Waals surface area (Å²) in [5.74, 6) is 0.469. The average molecular weight is 265 g/mol. The molecular formula is C12H12FN3OS. The van der Waals surface area contributed by atoms with Crippen LogP contribution < -0.4 is 0 Å². The molecule has 2 aromatic rings. The van der Waals surface area contributed by atoms with Gasteiger partial charge < -0.3 is 4.74 Å². The molecule has 0 atom stereocenters. The number of hydrogen-bond donors (Lipinski definition) is 0. The Hall–Kier alpha value is -1.82. The molecule has 6 heteroatoms. The summed E-state index contributed by atoms with van der Waals surface area (Å²) in [5, 5.41) is 0. The van der Waals surface area contributed by atoms with Crippen LogP contribution in [0.15, 0.2) is 36.9 Å². The molecule has 0 saturated heterocycles. The van der Waals surface area contributed by atoms with Crippen LogP contribution in [0.1, 0.15) is 12.7 Å². The van der Waals surface area contributed by atoms with Gasteiger partial charge in [-0.1, -0.05) is 6.07 Å². The number of aromatic nitrogens is 3. The predicted molar refractivity (Wildman–Crippen MR) is 70.2 cm³/mol. The van der Waals surface area contributed by atoms with Crippen molar-refractivity contribution in [3.05, 3.63) is 42.7 Å². The zero-order valence-corrected chi connectivity index (χ0v) is 10.6. The third kappa shape index (κ3) is 2.70. The molecule has 0 N–H and O–H groups in total. The maximum atomic E-state index is 13.0. The highest BCUT2D eigenvalue weighted by Gasteiger charge is 2.11. The molecule has 0 fully saturated rings. The summed E-state index contributed by atoms with van der Waals surface area (Å²) < 4.78 is 19.4. The van der Waals surface area contributed by atoms with Crippen molar-refractivity contribution in [1.29, 1.82) is 0 Å². The van der Waals surface area contributed by atoms with Gasteiger partial charge in [-0.05, 0) is 19.1 Å². The van der Waals surface area contributed by atoms with Crippen LogP contribution in [0.2, 0.25) is 0 Å².